The van der Waals surface area contributed by atoms with Crippen molar-refractivity contribution in [3.63, 3.8) is 0 Å². The second-order valence-corrected chi connectivity index (χ2v) is 2.15. The molecule has 0 amide bonds. The Morgan fingerprint density at radius 1 is 1.50 bits per heavy atom. The molecule has 0 unspecified atom stereocenters. The Morgan fingerprint density at radius 2 is 2.10 bits per heavy atom. The van der Waals surface area contributed by atoms with Crippen molar-refractivity contribution in [1.82, 2.24) is 0 Å². The lowest BCUT2D eigenvalue weighted by atomic mass is 10.2. The van der Waals surface area contributed by atoms with Gasteiger partial charge in [-0.1, -0.05) is 13.0 Å². The van der Waals surface area contributed by atoms with E-state index in [1.54, 1.807) is 7.11 Å². The van der Waals surface area contributed by atoms with Crippen molar-refractivity contribution in [2.75, 3.05) is 7.11 Å². The van der Waals surface area contributed by atoms with Gasteiger partial charge in [-0.3, -0.25) is 0 Å². The monoisotopic (exact) mass is 140 g/mol. The van der Waals surface area contributed by atoms with E-state index in [9.17, 15) is 0 Å². The van der Waals surface area contributed by atoms with Crippen LogP contribution in [-0.2, 0) is 4.74 Å². The van der Waals surface area contributed by atoms with Gasteiger partial charge in [0.05, 0.1) is 7.11 Å². The number of methoxy groups -OCH3 is 1. The molecule has 0 aromatic heterocycles. The summed E-state index contributed by atoms with van der Waals surface area (Å²) in [4.78, 5) is 0. The molecule has 0 saturated heterocycles. The molecule has 0 aliphatic heterocycles. The molecule has 10 heavy (non-hydrogen) atoms. The maximum atomic E-state index is 5.11. The molecule has 0 spiro atoms. The highest BCUT2D eigenvalue weighted by atomic mass is 16.5. The molecule has 0 aliphatic rings. The van der Waals surface area contributed by atoms with Gasteiger partial charge in [-0.25, -0.2) is 0 Å². The van der Waals surface area contributed by atoms with Gasteiger partial charge in [-0.15, -0.1) is 0 Å². The third-order valence-corrected chi connectivity index (χ3v) is 1.38. The maximum Gasteiger partial charge on any atom is 0.117 e. The van der Waals surface area contributed by atoms with E-state index in [1.807, 2.05) is 13.0 Å². The molecule has 58 valence electrons. The number of rotatable bonds is 3. The van der Waals surface area contributed by atoms with Crippen molar-refractivity contribution in [2.24, 2.45) is 0 Å². The summed E-state index contributed by atoms with van der Waals surface area (Å²) in [5, 5.41) is 0. The molecule has 0 aromatic rings. The molecule has 1 nitrogen and oxygen atoms in total. The van der Waals surface area contributed by atoms with Crippen LogP contribution in [0.25, 0.3) is 0 Å². The van der Waals surface area contributed by atoms with Crippen LogP contribution >= 0.6 is 0 Å². The molecule has 0 radical (unpaired) electrons. The summed E-state index contributed by atoms with van der Waals surface area (Å²) in [5.41, 5.74) is 1.22. The standard InChI is InChI=1S/C9H16O/c1-5-7-8(3)9(6-2)10-4/h6-7H,5H2,1-4H3/b8-7-,9-6+. The minimum absolute atomic E-state index is 0.974. The summed E-state index contributed by atoms with van der Waals surface area (Å²) in [6, 6.07) is 0. The highest BCUT2D eigenvalue weighted by molar-refractivity contribution is 5.22. The number of hydrogen-bond acceptors (Lipinski definition) is 1. The van der Waals surface area contributed by atoms with E-state index in [0.29, 0.717) is 0 Å². The normalized spacial score (nSPS) is 13.6. The van der Waals surface area contributed by atoms with E-state index in [-0.39, 0.29) is 0 Å². The van der Waals surface area contributed by atoms with Gasteiger partial charge in [0.2, 0.25) is 0 Å². The Morgan fingerprint density at radius 3 is 2.40 bits per heavy atom. The van der Waals surface area contributed by atoms with Crippen molar-refractivity contribution >= 4 is 0 Å². The van der Waals surface area contributed by atoms with Crippen LogP contribution in [0.5, 0.6) is 0 Å². The highest BCUT2D eigenvalue weighted by Crippen LogP contribution is 2.09. The smallest absolute Gasteiger partial charge is 0.117 e. The number of hydrogen-bond donors (Lipinski definition) is 0. The zero-order valence-corrected chi connectivity index (χ0v) is 7.27. The molecular formula is C9H16O. The zero-order chi connectivity index (χ0) is 7.98. The van der Waals surface area contributed by atoms with E-state index < -0.39 is 0 Å². The molecule has 0 saturated carbocycles. The first-order valence-corrected chi connectivity index (χ1v) is 3.63. The first kappa shape index (κ1) is 9.28. The fourth-order valence-corrected chi connectivity index (χ4v) is 0.913. The van der Waals surface area contributed by atoms with E-state index in [1.165, 1.54) is 5.57 Å². The molecule has 0 atom stereocenters. The lowest BCUT2D eigenvalue weighted by Crippen LogP contribution is -1.87. The molecular weight excluding hydrogens is 124 g/mol. The molecule has 0 rings (SSSR count). The number of ether oxygens (including phenoxy) is 1. The van der Waals surface area contributed by atoms with Gasteiger partial charge >= 0.3 is 0 Å². The predicted molar refractivity (Wildman–Crippen MR) is 44.8 cm³/mol. The topological polar surface area (TPSA) is 9.23 Å². The molecule has 1 heteroatoms. The van der Waals surface area contributed by atoms with Crippen LogP contribution < -0.4 is 0 Å². The second kappa shape index (κ2) is 5.10. The Hall–Kier alpha value is -0.720. The fourth-order valence-electron chi connectivity index (χ4n) is 0.913. The molecule has 0 N–H and O–H groups in total. The molecule has 0 aliphatic carbocycles. The van der Waals surface area contributed by atoms with Crippen molar-refractivity contribution < 1.29 is 4.74 Å². The lowest BCUT2D eigenvalue weighted by molar-refractivity contribution is 0.300. The largest absolute Gasteiger partial charge is 0.497 e. The number of allylic oxidation sites excluding steroid dienone is 3. The van der Waals surface area contributed by atoms with Crippen molar-refractivity contribution in [3.8, 4) is 0 Å². The van der Waals surface area contributed by atoms with Crippen LogP contribution in [0.4, 0.5) is 0 Å². The molecule has 0 heterocycles. The Bertz CT molecular complexity index is 143. The van der Waals surface area contributed by atoms with E-state index >= 15 is 0 Å². The lowest BCUT2D eigenvalue weighted by Gasteiger charge is -2.04. The fraction of sp³-hybridized carbons (Fsp3) is 0.556. The minimum Gasteiger partial charge on any atom is -0.497 e. The van der Waals surface area contributed by atoms with Crippen LogP contribution in [0.1, 0.15) is 27.2 Å². The molecule has 0 fully saturated rings. The highest BCUT2D eigenvalue weighted by Gasteiger charge is 1.94. The minimum atomic E-state index is 0.974. The third-order valence-electron chi connectivity index (χ3n) is 1.38. The summed E-state index contributed by atoms with van der Waals surface area (Å²) in [6.07, 6.45) is 5.19. The first-order valence-electron chi connectivity index (χ1n) is 3.63. The summed E-state index contributed by atoms with van der Waals surface area (Å²) >= 11 is 0. The van der Waals surface area contributed by atoms with Gasteiger partial charge in [0, 0.05) is 0 Å². The van der Waals surface area contributed by atoms with Crippen LogP contribution in [-0.4, -0.2) is 7.11 Å². The summed E-state index contributed by atoms with van der Waals surface area (Å²) in [5.74, 6) is 0.974. The Labute approximate surface area is 63.4 Å². The summed E-state index contributed by atoms with van der Waals surface area (Å²) in [6.45, 7) is 6.15. The van der Waals surface area contributed by atoms with Crippen LogP contribution in [0.2, 0.25) is 0 Å². The van der Waals surface area contributed by atoms with E-state index in [4.69, 9.17) is 4.74 Å². The van der Waals surface area contributed by atoms with Crippen molar-refractivity contribution in [3.05, 3.63) is 23.5 Å². The Balaban J connectivity index is 4.16. The van der Waals surface area contributed by atoms with Gasteiger partial charge in [0.25, 0.3) is 0 Å². The van der Waals surface area contributed by atoms with Crippen molar-refractivity contribution in [2.45, 2.75) is 27.2 Å². The summed E-state index contributed by atoms with van der Waals surface area (Å²) < 4.78 is 5.11. The predicted octanol–water partition coefficient (Wildman–Crippen LogP) is 2.89. The van der Waals surface area contributed by atoms with Crippen LogP contribution in [0.15, 0.2) is 23.5 Å². The Kier molecular flexibility index (Phi) is 4.73. The van der Waals surface area contributed by atoms with Gasteiger partial charge in [0.1, 0.15) is 5.76 Å². The second-order valence-electron chi connectivity index (χ2n) is 2.15. The van der Waals surface area contributed by atoms with Crippen LogP contribution in [0, 0.1) is 0 Å². The molecule has 0 bridgehead atoms. The molecule has 0 aromatic carbocycles. The maximum absolute atomic E-state index is 5.11. The van der Waals surface area contributed by atoms with Gasteiger partial charge < -0.3 is 4.74 Å². The summed E-state index contributed by atoms with van der Waals surface area (Å²) in [7, 11) is 1.70. The zero-order valence-electron chi connectivity index (χ0n) is 7.27. The van der Waals surface area contributed by atoms with Gasteiger partial charge in [-0.2, -0.15) is 0 Å². The van der Waals surface area contributed by atoms with E-state index in [2.05, 4.69) is 19.9 Å². The SMILES string of the molecule is C/C=C(OC)\C(C)=C/CC. The third kappa shape index (κ3) is 2.72. The first-order chi connectivity index (χ1) is 4.76. The van der Waals surface area contributed by atoms with E-state index in [0.717, 1.165) is 12.2 Å². The van der Waals surface area contributed by atoms with Gasteiger partial charge in [0.15, 0.2) is 0 Å². The average Bonchev–Trinajstić information content (AvgIpc) is 1.91. The van der Waals surface area contributed by atoms with Crippen LogP contribution in [0.3, 0.4) is 0 Å². The average molecular weight is 140 g/mol. The quantitative estimate of drug-likeness (QED) is 0.432. The van der Waals surface area contributed by atoms with Crippen molar-refractivity contribution in [1.29, 1.82) is 0 Å². The van der Waals surface area contributed by atoms with Gasteiger partial charge in [-0.05, 0) is 31.9 Å².